The predicted octanol–water partition coefficient (Wildman–Crippen LogP) is 5.99. The van der Waals surface area contributed by atoms with Crippen molar-refractivity contribution in [2.45, 2.75) is 70.0 Å². The molecule has 224 valence electrons. The molecule has 2 atom stereocenters. The second kappa shape index (κ2) is 13.0. The second-order valence-electron chi connectivity index (χ2n) is 11.3. The number of nitrogens with one attached hydrogen (secondary N) is 1. The highest BCUT2D eigenvalue weighted by Gasteiger charge is 2.36. The SMILES string of the molecule is CCC(C)NC(=O)C(Cc1ccccc1)N(Cc1ccc(C)cc1)C(=O)CCCN1c2cccc3cccc(c23)S1(=O)=O. The maximum Gasteiger partial charge on any atom is 0.265 e. The molecular weight excluding hydrogens is 558 g/mol. The van der Waals surface area contributed by atoms with Gasteiger partial charge in [-0.3, -0.25) is 13.9 Å². The van der Waals surface area contributed by atoms with E-state index in [1.807, 2.05) is 99.6 Å². The second-order valence-corrected chi connectivity index (χ2v) is 13.2. The number of nitrogens with zero attached hydrogens (tertiary/aromatic N) is 2. The van der Waals surface area contributed by atoms with E-state index in [0.717, 1.165) is 33.9 Å². The number of hydrogen-bond donors (Lipinski definition) is 1. The van der Waals surface area contributed by atoms with Crippen molar-refractivity contribution in [2.24, 2.45) is 0 Å². The fraction of sp³-hybridized carbons (Fsp3) is 0.314. The number of amides is 2. The molecule has 1 aliphatic rings. The Morgan fingerprint density at radius 3 is 2.28 bits per heavy atom. The number of benzene rings is 4. The van der Waals surface area contributed by atoms with Crippen molar-refractivity contribution in [2.75, 3.05) is 10.8 Å². The first-order valence-corrected chi connectivity index (χ1v) is 16.4. The Bertz CT molecular complexity index is 1700. The maximum absolute atomic E-state index is 14.0. The highest BCUT2D eigenvalue weighted by atomic mass is 32.2. The van der Waals surface area contributed by atoms with Crippen LogP contribution in [-0.4, -0.2) is 43.8 Å². The Labute approximate surface area is 254 Å². The highest BCUT2D eigenvalue weighted by molar-refractivity contribution is 7.93. The van der Waals surface area contributed by atoms with Crippen LogP contribution in [0.1, 0.15) is 49.8 Å². The fourth-order valence-corrected chi connectivity index (χ4v) is 7.35. The van der Waals surface area contributed by atoms with Gasteiger partial charge in [-0.25, -0.2) is 8.42 Å². The van der Waals surface area contributed by atoms with E-state index in [9.17, 15) is 18.0 Å². The summed E-state index contributed by atoms with van der Waals surface area (Å²) in [5.41, 5.74) is 3.65. The summed E-state index contributed by atoms with van der Waals surface area (Å²) in [5, 5.41) is 4.69. The molecule has 43 heavy (non-hydrogen) atoms. The third-order valence-corrected chi connectivity index (χ3v) is 10.0. The minimum absolute atomic E-state index is 0.0354. The first-order valence-electron chi connectivity index (χ1n) is 14.9. The topological polar surface area (TPSA) is 86.8 Å². The zero-order valence-corrected chi connectivity index (χ0v) is 25.8. The van der Waals surface area contributed by atoms with Crippen LogP contribution in [0, 0.1) is 6.92 Å². The molecule has 0 aliphatic carbocycles. The van der Waals surface area contributed by atoms with E-state index in [0.29, 0.717) is 23.4 Å². The maximum atomic E-state index is 14.0. The molecular formula is C35H39N3O4S. The molecule has 0 saturated carbocycles. The van der Waals surface area contributed by atoms with Crippen molar-refractivity contribution in [1.82, 2.24) is 10.2 Å². The van der Waals surface area contributed by atoms with Gasteiger partial charge in [-0.2, -0.15) is 0 Å². The molecule has 4 aromatic rings. The van der Waals surface area contributed by atoms with Crippen LogP contribution in [0.25, 0.3) is 10.8 Å². The van der Waals surface area contributed by atoms with Crippen molar-refractivity contribution in [3.05, 3.63) is 108 Å². The molecule has 4 aromatic carbocycles. The van der Waals surface area contributed by atoms with Gasteiger partial charge in [-0.1, -0.05) is 91.3 Å². The fourth-order valence-electron chi connectivity index (χ4n) is 5.60. The molecule has 8 heteroatoms. The van der Waals surface area contributed by atoms with Crippen LogP contribution < -0.4 is 9.62 Å². The van der Waals surface area contributed by atoms with Crippen LogP contribution in [0.5, 0.6) is 0 Å². The molecule has 2 amide bonds. The van der Waals surface area contributed by atoms with Gasteiger partial charge in [0.2, 0.25) is 11.8 Å². The molecule has 0 fully saturated rings. The summed E-state index contributed by atoms with van der Waals surface area (Å²) >= 11 is 0. The summed E-state index contributed by atoms with van der Waals surface area (Å²) in [6, 6.07) is 27.8. The molecule has 1 heterocycles. The van der Waals surface area contributed by atoms with E-state index in [1.54, 1.807) is 17.0 Å². The van der Waals surface area contributed by atoms with Gasteiger partial charge >= 0.3 is 0 Å². The van der Waals surface area contributed by atoms with Gasteiger partial charge in [-0.05, 0) is 55.3 Å². The first-order chi connectivity index (χ1) is 20.7. The third-order valence-electron chi connectivity index (χ3n) is 8.18. The molecule has 0 saturated heterocycles. The average molecular weight is 598 g/mol. The van der Waals surface area contributed by atoms with E-state index in [4.69, 9.17) is 0 Å². The molecule has 0 aromatic heterocycles. The summed E-state index contributed by atoms with van der Waals surface area (Å²) < 4.78 is 28.3. The molecule has 0 radical (unpaired) electrons. The van der Waals surface area contributed by atoms with Crippen LogP contribution in [-0.2, 0) is 32.6 Å². The van der Waals surface area contributed by atoms with E-state index >= 15 is 0 Å². The molecule has 7 nitrogen and oxygen atoms in total. The monoisotopic (exact) mass is 597 g/mol. The van der Waals surface area contributed by atoms with E-state index in [2.05, 4.69) is 5.32 Å². The number of carbonyl (C=O) groups excluding carboxylic acids is 2. The lowest BCUT2D eigenvalue weighted by molar-refractivity contribution is -0.141. The standard InChI is InChI=1S/C35H39N3O4S/c1-4-26(3)36-35(40)31(23-27-11-6-5-7-12-27)37(24-28-20-18-25(2)19-21-28)33(39)17-10-22-38-30-15-8-13-29-14-9-16-32(34(29)30)43(38,41)42/h5-9,11-16,18-21,26,31H,4,10,17,22-24H2,1-3H3,(H,36,40). The number of aryl methyl sites for hydroxylation is 1. The highest BCUT2D eigenvalue weighted by Crippen LogP contribution is 2.42. The summed E-state index contributed by atoms with van der Waals surface area (Å²) in [4.78, 5) is 29.7. The lowest BCUT2D eigenvalue weighted by Gasteiger charge is -2.32. The Balaban J connectivity index is 1.40. The van der Waals surface area contributed by atoms with Gasteiger partial charge in [0.15, 0.2) is 0 Å². The predicted molar refractivity (Wildman–Crippen MR) is 171 cm³/mol. The molecule has 0 spiro atoms. The average Bonchev–Trinajstić information content (AvgIpc) is 3.23. The van der Waals surface area contributed by atoms with Crippen molar-refractivity contribution in [1.29, 1.82) is 0 Å². The number of anilines is 1. The zero-order chi connectivity index (χ0) is 30.6. The summed E-state index contributed by atoms with van der Waals surface area (Å²) in [6.45, 7) is 6.42. The number of rotatable bonds is 12. The van der Waals surface area contributed by atoms with Gasteiger partial charge < -0.3 is 10.2 Å². The van der Waals surface area contributed by atoms with Crippen LogP contribution >= 0.6 is 0 Å². The van der Waals surface area contributed by atoms with Crippen LogP contribution in [0.15, 0.2) is 95.9 Å². The summed E-state index contributed by atoms with van der Waals surface area (Å²) in [6.07, 6.45) is 1.57. The van der Waals surface area contributed by atoms with Crippen molar-refractivity contribution in [3.8, 4) is 0 Å². The largest absolute Gasteiger partial charge is 0.352 e. The summed E-state index contributed by atoms with van der Waals surface area (Å²) in [7, 11) is -3.71. The van der Waals surface area contributed by atoms with Crippen molar-refractivity contribution in [3.63, 3.8) is 0 Å². The van der Waals surface area contributed by atoms with E-state index < -0.39 is 16.1 Å². The Morgan fingerprint density at radius 2 is 1.58 bits per heavy atom. The van der Waals surface area contributed by atoms with Gasteiger partial charge in [-0.15, -0.1) is 0 Å². The van der Waals surface area contributed by atoms with Gasteiger partial charge in [0.1, 0.15) is 6.04 Å². The van der Waals surface area contributed by atoms with Crippen molar-refractivity contribution < 1.29 is 18.0 Å². The Hall–Kier alpha value is -4.17. The zero-order valence-electron chi connectivity index (χ0n) is 25.0. The Morgan fingerprint density at radius 1 is 0.884 bits per heavy atom. The Kier molecular flexibility index (Phi) is 9.16. The molecule has 1 aliphatic heterocycles. The summed E-state index contributed by atoms with van der Waals surface area (Å²) in [5.74, 6) is -0.379. The number of sulfonamides is 1. The minimum atomic E-state index is -3.71. The van der Waals surface area contributed by atoms with Crippen LogP contribution in [0.2, 0.25) is 0 Å². The third kappa shape index (κ3) is 6.59. The number of carbonyl (C=O) groups is 2. The van der Waals surface area contributed by atoms with E-state index in [1.165, 1.54) is 4.31 Å². The molecule has 1 N–H and O–H groups in total. The van der Waals surface area contributed by atoms with Crippen LogP contribution in [0.3, 0.4) is 0 Å². The van der Waals surface area contributed by atoms with Gasteiger partial charge in [0.25, 0.3) is 10.0 Å². The molecule has 2 unspecified atom stereocenters. The smallest absolute Gasteiger partial charge is 0.265 e. The number of hydrogen-bond acceptors (Lipinski definition) is 4. The lowest BCUT2D eigenvalue weighted by atomic mass is 10.0. The lowest BCUT2D eigenvalue weighted by Crippen LogP contribution is -2.52. The normalized spacial score (nSPS) is 14.8. The first kappa shape index (κ1) is 30.3. The van der Waals surface area contributed by atoms with Gasteiger partial charge in [0.05, 0.1) is 10.6 Å². The van der Waals surface area contributed by atoms with E-state index in [-0.39, 0.29) is 37.4 Å². The van der Waals surface area contributed by atoms with Crippen LogP contribution in [0.4, 0.5) is 5.69 Å². The molecule has 5 rings (SSSR count). The molecule has 0 bridgehead atoms. The van der Waals surface area contributed by atoms with Gasteiger partial charge in [0, 0.05) is 37.4 Å². The van der Waals surface area contributed by atoms with Crippen molar-refractivity contribution >= 4 is 38.3 Å². The quantitative estimate of drug-likeness (QED) is 0.217. The minimum Gasteiger partial charge on any atom is -0.352 e.